The Balaban J connectivity index is 2.02. The van der Waals surface area contributed by atoms with Gasteiger partial charge in [0.15, 0.2) is 0 Å². The third-order valence-electron chi connectivity index (χ3n) is 4.30. The minimum Gasteiger partial charge on any atom is -0.481 e. The number of hydrogen-bond donors (Lipinski definition) is 1. The van der Waals surface area contributed by atoms with E-state index in [1.807, 2.05) is 42.5 Å². The van der Waals surface area contributed by atoms with Crippen molar-refractivity contribution in [1.29, 1.82) is 0 Å². The van der Waals surface area contributed by atoms with Gasteiger partial charge in [-0.25, -0.2) is 0 Å². The van der Waals surface area contributed by atoms with Crippen LogP contribution in [-0.4, -0.2) is 11.1 Å². The lowest BCUT2D eigenvalue weighted by Gasteiger charge is -2.35. The van der Waals surface area contributed by atoms with Gasteiger partial charge in [-0.2, -0.15) is 0 Å². The second kappa shape index (κ2) is 6.05. The summed E-state index contributed by atoms with van der Waals surface area (Å²) in [5.41, 5.74) is 0.602. The van der Waals surface area contributed by atoms with Gasteiger partial charge in [0.2, 0.25) is 0 Å². The highest BCUT2D eigenvalue weighted by molar-refractivity contribution is 5.75. The second-order valence-corrected chi connectivity index (χ2v) is 5.79. The Kier molecular flexibility index (Phi) is 4.41. The summed E-state index contributed by atoms with van der Waals surface area (Å²) in [6, 6.07) is 10.0. The third kappa shape index (κ3) is 3.46. The molecule has 0 spiro atoms. The standard InChI is InChI=1S/C17H22O2/c1-14-9-12-17(13-10-14,16(18)19)11-5-8-15-6-3-2-4-7-15/h2-8,14H,9-13H2,1H3,(H,18,19). The molecular weight excluding hydrogens is 236 g/mol. The first-order chi connectivity index (χ1) is 9.12. The van der Waals surface area contributed by atoms with E-state index in [4.69, 9.17) is 0 Å². The molecule has 0 amide bonds. The Morgan fingerprint density at radius 2 is 1.95 bits per heavy atom. The highest BCUT2D eigenvalue weighted by Gasteiger charge is 2.39. The fourth-order valence-electron chi connectivity index (χ4n) is 2.80. The molecule has 0 unspecified atom stereocenters. The van der Waals surface area contributed by atoms with Gasteiger partial charge in [-0.05, 0) is 43.6 Å². The van der Waals surface area contributed by atoms with Crippen molar-refractivity contribution in [2.45, 2.75) is 39.0 Å². The first-order valence-electron chi connectivity index (χ1n) is 7.07. The molecule has 2 rings (SSSR count). The van der Waals surface area contributed by atoms with Crippen molar-refractivity contribution < 1.29 is 9.90 Å². The van der Waals surface area contributed by atoms with Gasteiger partial charge in [-0.15, -0.1) is 0 Å². The van der Waals surface area contributed by atoms with Crippen LogP contribution in [0.15, 0.2) is 36.4 Å². The summed E-state index contributed by atoms with van der Waals surface area (Å²) in [5.74, 6) is 0.0442. The normalized spacial score (nSPS) is 27.5. The van der Waals surface area contributed by atoms with Gasteiger partial charge in [-0.1, -0.05) is 49.4 Å². The maximum absolute atomic E-state index is 11.6. The SMILES string of the molecule is CC1CCC(CC=Cc2ccccc2)(C(=O)O)CC1. The number of rotatable bonds is 4. The molecule has 0 heterocycles. The van der Waals surface area contributed by atoms with E-state index in [2.05, 4.69) is 6.92 Å². The van der Waals surface area contributed by atoms with Gasteiger partial charge >= 0.3 is 5.97 Å². The summed E-state index contributed by atoms with van der Waals surface area (Å²) in [5, 5.41) is 9.54. The highest BCUT2D eigenvalue weighted by Crippen LogP contribution is 2.42. The number of carbonyl (C=O) groups is 1. The fraction of sp³-hybridized carbons (Fsp3) is 0.471. The van der Waals surface area contributed by atoms with Crippen LogP contribution in [-0.2, 0) is 4.79 Å². The number of carboxylic acid groups (broad SMARTS) is 1. The molecule has 0 aromatic heterocycles. The van der Waals surface area contributed by atoms with E-state index in [0.717, 1.165) is 31.2 Å². The molecule has 0 aliphatic heterocycles. The maximum atomic E-state index is 11.6. The fourth-order valence-corrected chi connectivity index (χ4v) is 2.80. The van der Waals surface area contributed by atoms with Crippen LogP contribution < -0.4 is 0 Å². The minimum absolute atomic E-state index is 0.530. The Labute approximate surface area is 115 Å². The molecule has 2 nitrogen and oxygen atoms in total. The minimum atomic E-state index is -0.628. The summed E-state index contributed by atoms with van der Waals surface area (Å²) in [4.78, 5) is 11.6. The largest absolute Gasteiger partial charge is 0.481 e. The average molecular weight is 258 g/mol. The molecule has 2 heteroatoms. The van der Waals surface area contributed by atoms with E-state index in [9.17, 15) is 9.90 Å². The van der Waals surface area contributed by atoms with Crippen LogP contribution >= 0.6 is 0 Å². The molecule has 1 aliphatic carbocycles. The Morgan fingerprint density at radius 1 is 1.32 bits per heavy atom. The number of carboxylic acids is 1. The summed E-state index contributed by atoms with van der Waals surface area (Å²) in [6.45, 7) is 2.21. The van der Waals surface area contributed by atoms with Gasteiger partial charge in [0.05, 0.1) is 5.41 Å². The molecule has 1 N–H and O–H groups in total. The monoisotopic (exact) mass is 258 g/mol. The number of allylic oxidation sites excluding steroid dienone is 1. The Hall–Kier alpha value is -1.57. The number of benzene rings is 1. The van der Waals surface area contributed by atoms with Gasteiger partial charge in [0.25, 0.3) is 0 Å². The lowest BCUT2D eigenvalue weighted by Crippen LogP contribution is -2.34. The molecule has 0 saturated heterocycles. The quantitative estimate of drug-likeness (QED) is 0.870. The van der Waals surface area contributed by atoms with E-state index in [1.54, 1.807) is 0 Å². The van der Waals surface area contributed by atoms with Crippen LogP contribution in [0, 0.1) is 11.3 Å². The van der Waals surface area contributed by atoms with Gasteiger partial charge in [0.1, 0.15) is 0 Å². The van der Waals surface area contributed by atoms with Gasteiger partial charge < -0.3 is 5.11 Å². The zero-order valence-corrected chi connectivity index (χ0v) is 11.5. The van der Waals surface area contributed by atoms with E-state index >= 15 is 0 Å². The van der Waals surface area contributed by atoms with Crippen molar-refractivity contribution in [2.75, 3.05) is 0 Å². The molecule has 0 bridgehead atoms. The zero-order valence-electron chi connectivity index (χ0n) is 11.5. The summed E-state index contributed by atoms with van der Waals surface area (Å²) in [7, 11) is 0. The molecule has 1 aromatic rings. The van der Waals surface area contributed by atoms with Crippen LogP contribution in [0.3, 0.4) is 0 Å². The van der Waals surface area contributed by atoms with Crippen LogP contribution in [0.1, 0.15) is 44.6 Å². The molecular formula is C17H22O2. The molecule has 1 aromatic carbocycles. The highest BCUT2D eigenvalue weighted by atomic mass is 16.4. The summed E-state index contributed by atoms with van der Waals surface area (Å²) < 4.78 is 0. The van der Waals surface area contributed by atoms with Crippen molar-refractivity contribution in [2.24, 2.45) is 11.3 Å². The summed E-state index contributed by atoms with van der Waals surface area (Å²) in [6.07, 6.45) is 8.38. The van der Waals surface area contributed by atoms with E-state index in [0.29, 0.717) is 12.3 Å². The van der Waals surface area contributed by atoms with Crippen LogP contribution in [0.4, 0.5) is 0 Å². The van der Waals surface area contributed by atoms with E-state index < -0.39 is 11.4 Å². The van der Waals surface area contributed by atoms with Crippen molar-refractivity contribution in [3.8, 4) is 0 Å². The van der Waals surface area contributed by atoms with Crippen molar-refractivity contribution in [3.05, 3.63) is 42.0 Å². The molecule has 1 aliphatic rings. The first kappa shape index (κ1) is 13.9. The average Bonchev–Trinajstić information content (AvgIpc) is 2.42. The van der Waals surface area contributed by atoms with Crippen LogP contribution in [0.25, 0.3) is 6.08 Å². The molecule has 1 saturated carbocycles. The van der Waals surface area contributed by atoms with Crippen LogP contribution in [0.5, 0.6) is 0 Å². The topological polar surface area (TPSA) is 37.3 Å². The van der Waals surface area contributed by atoms with Crippen molar-refractivity contribution >= 4 is 12.0 Å². The van der Waals surface area contributed by atoms with Gasteiger partial charge in [0, 0.05) is 0 Å². The van der Waals surface area contributed by atoms with E-state index in [1.165, 1.54) is 0 Å². The third-order valence-corrected chi connectivity index (χ3v) is 4.30. The number of hydrogen-bond acceptors (Lipinski definition) is 1. The Bertz CT molecular complexity index is 440. The zero-order chi connectivity index (χ0) is 13.7. The number of aliphatic carboxylic acids is 1. The lowest BCUT2D eigenvalue weighted by molar-refractivity contribution is -0.151. The maximum Gasteiger partial charge on any atom is 0.309 e. The lowest BCUT2D eigenvalue weighted by atomic mass is 9.69. The smallest absolute Gasteiger partial charge is 0.309 e. The van der Waals surface area contributed by atoms with Crippen LogP contribution in [0.2, 0.25) is 0 Å². The van der Waals surface area contributed by atoms with E-state index in [-0.39, 0.29) is 0 Å². The second-order valence-electron chi connectivity index (χ2n) is 5.79. The molecule has 0 atom stereocenters. The predicted octanol–water partition coefficient (Wildman–Crippen LogP) is 4.37. The van der Waals surface area contributed by atoms with Crippen molar-refractivity contribution in [3.63, 3.8) is 0 Å². The predicted molar refractivity (Wildman–Crippen MR) is 77.8 cm³/mol. The first-order valence-corrected chi connectivity index (χ1v) is 7.07. The summed E-state index contributed by atoms with van der Waals surface area (Å²) >= 11 is 0. The molecule has 1 fully saturated rings. The Morgan fingerprint density at radius 3 is 2.53 bits per heavy atom. The van der Waals surface area contributed by atoms with Crippen molar-refractivity contribution in [1.82, 2.24) is 0 Å². The molecule has 19 heavy (non-hydrogen) atoms. The molecule has 102 valence electrons. The van der Waals surface area contributed by atoms with Gasteiger partial charge in [-0.3, -0.25) is 4.79 Å². The molecule has 0 radical (unpaired) electrons.